The molecule has 27 heavy (non-hydrogen) atoms. The van der Waals surface area contributed by atoms with Crippen LogP contribution in [0.25, 0.3) is 0 Å². The Morgan fingerprint density at radius 1 is 1.26 bits per heavy atom. The molecule has 2 atom stereocenters. The van der Waals surface area contributed by atoms with Crippen molar-refractivity contribution < 1.29 is 14.3 Å². The molecule has 4 rings (SSSR count). The van der Waals surface area contributed by atoms with Crippen molar-refractivity contribution in [1.82, 2.24) is 14.8 Å². The highest BCUT2D eigenvalue weighted by Gasteiger charge is 2.32. The van der Waals surface area contributed by atoms with Crippen molar-refractivity contribution in [1.29, 1.82) is 0 Å². The first-order valence-electron chi connectivity index (χ1n) is 9.75. The highest BCUT2D eigenvalue weighted by Crippen LogP contribution is 2.35. The fourth-order valence-corrected chi connectivity index (χ4v) is 4.07. The van der Waals surface area contributed by atoms with Crippen LogP contribution in [0.1, 0.15) is 49.5 Å². The lowest BCUT2D eigenvalue weighted by atomic mass is 10.0. The van der Waals surface area contributed by atoms with Crippen LogP contribution in [0.2, 0.25) is 0 Å². The van der Waals surface area contributed by atoms with Gasteiger partial charge in [0.2, 0.25) is 0 Å². The maximum Gasteiger partial charge on any atom is 0.318 e. The number of aromatic nitrogens is 1. The Morgan fingerprint density at radius 2 is 2.07 bits per heavy atom. The van der Waals surface area contributed by atoms with Gasteiger partial charge in [0.05, 0.1) is 12.1 Å². The van der Waals surface area contributed by atoms with Gasteiger partial charge < -0.3 is 24.3 Å². The molecule has 2 amide bonds. The van der Waals surface area contributed by atoms with Crippen LogP contribution < -0.4 is 14.8 Å². The van der Waals surface area contributed by atoms with Gasteiger partial charge in [-0.3, -0.25) is 0 Å². The zero-order valence-corrected chi connectivity index (χ0v) is 16.0. The number of ether oxygens (including phenoxy) is 2. The molecule has 3 heterocycles. The van der Waals surface area contributed by atoms with Crippen LogP contribution in [-0.4, -0.2) is 35.3 Å². The van der Waals surface area contributed by atoms with E-state index in [9.17, 15) is 4.79 Å². The number of aryl methyl sites for hydroxylation is 1. The predicted octanol–water partition coefficient (Wildman–Crippen LogP) is 3.79. The van der Waals surface area contributed by atoms with E-state index in [0.717, 1.165) is 42.9 Å². The molecule has 0 radical (unpaired) electrons. The second kappa shape index (κ2) is 7.55. The molecule has 1 fully saturated rings. The van der Waals surface area contributed by atoms with Gasteiger partial charge in [0, 0.05) is 25.5 Å². The van der Waals surface area contributed by atoms with Gasteiger partial charge in [0.25, 0.3) is 0 Å². The number of carbonyl (C=O) groups is 1. The Bertz CT molecular complexity index is 817. The molecule has 6 heteroatoms. The van der Waals surface area contributed by atoms with Crippen molar-refractivity contribution >= 4 is 6.03 Å². The number of likely N-dealkylation sites (tertiary alicyclic amines) is 1. The van der Waals surface area contributed by atoms with Crippen molar-refractivity contribution in [2.75, 3.05) is 19.8 Å². The maximum absolute atomic E-state index is 13.0. The smallest absolute Gasteiger partial charge is 0.318 e. The van der Waals surface area contributed by atoms with Crippen LogP contribution in [0.15, 0.2) is 36.5 Å². The van der Waals surface area contributed by atoms with Gasteiger partial charge in [-0.15, -0.1) is 0 Å². The topological polar surface area (TPSA) is 55.7 Å². The summed E-state index contributed by atoms with van der Waals surface area (Å²) in [6, 6.07) is 10.2. The molecule has 0 aliphatic carbocycles. The van der Waals surface area contributed by atoms with E-state index in [0.29, 0.717) is 13.2 Å². The Morgan fingerprint density at radius 3 is 2.81 bits per heavy atom. The number of hydrogen-bond acceptors (Lipinski definition) is 3. The van der Waals surface area contributed by atoms with Crippen molar-refractivity contribution in [3.63, 3.8) is 0 Å². The van der Waals surface area contributed by atoms with Crippen molar-refractivity contribution in [2.24, 2.45) is 7.05 Å². The summed E-state index contributed by atoms with van der Waals surface area (Å²) in [5, 5.41) is 3.22. The number of fused-ring (bicyclic) bond motifs is 1. The Labute approximate surface area is 160 Å². The molecular weight excluding hydrogens is 342 g/mol. The van der Waals surface area contributed by atoms with Gasteiger partial charge in [-0.2, -0.15) is 0 Å². The van der Waals surface area contributed by atoms with E-state index < -0.39 is 0 Å². The highest BCUT2D eigenvalue weighted by molar-refractivity contribution is 5.75. The lowest BCUT2D eigenvalue weighted by molar-refractivity contribution is 0.171. The number of nitrogens with zero attached hydrogens (tertiary/aromatic N) is 2. The monoisotopic (exact) mass is 369 g/mol. The highest BCUT2D eigenvalue weighted by atomic mass is 16.6. The quantitative estimate of drug-likeness (QED) is 0.892. The summed E-state index contributed by atoms with van der Waals surface area (Å²) in [6.07, 6.45) is 4.89. The first-order valence-corrected chi connectivity index (χ1v) is 9.75. The van der Waals surface area contributed by atoms with Crippen LogP contribution in [-0.2, 0) is 7.05 Å². The third-order valence-corrected chi connectivity index (χ3v) is 5.51. The minimum Gasteiger partial charge on any atom is -0.486 e. The summed E-state index contributed by atoms with van der Waals surface area (Å²) >= 11 is 0. The van der Waals surface area contributed by atoms with Crippen molar-refractivity contribution in [3.05, 3.63) is 47.8 Å². The predicted molar refractivity (Wildman–Crippen MR) is 103 cm³/mol. The Kier molecular flexibility index (Phi) is 4.97. The van der Waals surface area contributed by atoms with E-state index >= 15 is 0 Å². The molecule has 6 nitrogen and oxygen atoms in total. The minimum absolute atomic E-state index is 0.000407. The number of nitrogens with one attached hydrogen (secondary N) is 1. The molecule has 0 bridgehead atoms. The molecule has 2 aromatic rings. The molecule has 1 N–H and O–H groups in total. The van der Waals surface area contributed by atoms with Gasteiger partial charge in [0.15, 0.2) is 11.5 Å². The molecule has 1 aromatic carbocycles. The van der Waals surface area contributed by atoms with Gasteiger partial charge in [-0.25, -0.2) is 4.79 Å². The number of amides is 2. The molecular formula is C21H27N3O3. The van der Waals surface area contributed by atoms with Crippen LogP contribution in [0.5, 0.6) is 11.5 Å². The number of benzene rings is 1. The maximum atomic E-state index is 13.0. The van der Waals surface area contributed by atoms with Crippen LogP contribution in [0, 0.1) is 0 Å². The summed E-state index contributed by atoms with van der Waals surface area (Å²) in [4.78, 5) is 15.0. The average molecular weight is 369 g/mol. The van der Waals surface area contributed by atoms with E-state index in [1.165, 1.54) is 5.69 Å². The van der Waals surface area contributed by atoms with Crippen molar-refractivity contribution in [2.45, 2.75) is 38.3 Å². The lowest BCUT2D eigenvalue weighted by Crippen LogP contribution is -2.41. The minimum atomic E-state index is -0.0528. The number of carbonyl (C=O) groups excluding carboxylic acids is 1. The fourth-order valence-electron chi connectivity index (χ4n) is 4.07. The van der Waals surface area contributed by atoms with E-state index in [1.54, 1.807) is 0 Å². The van der Waals surface area contributed by atoms with Crippen LogP contribution >= 0.6 is 0 Å². The third kappa shape index (κ3) is 3.48. The number of rotatable bonds is 4. The Balaban J connectivity index is 1.49. The second-order valence-corrected chi connectivity index (χ2v) is 7.21. The van der Waals surface area contributed by atoms with Crippen LogP contribution in [0.4, 0.5) is 4.79 Å². The molecule has 2 unspecified atom stereocenters. The van der Waals surface area contributed by atoms with Gasteiger partial charge in [0.1, 0.15) is 13.2 Å². The van der Waals surface area contributed by atoms with Crippen LogP contribution in [0.3, 0.4) is 0 Å². The van der Waals surface area contributed by atoms with E-state index in [4.69, 9.17) is 9.47 Å². The molecule has 144 valence electrons. The summed E-state index contributed by atoms with van der Waals surface area (Å²) in [5.41, 5.74) is 2.24. The normalized spacial score (nSPS) is 19.8. The molecule has 2 aliphatic rings. The van der Waals surface area contributed by atoms with E-state index in [2.05, 4.69) is 22.9 Å². The standard InChI is InChI=1S/C21H27N3O3/c1-3-16(15-8-9-19-20(14-15)27-13-12-26-19)22-21(25)24-11-5-7-18(24)17-6-4-10-23(17)2/h4,6,8-10,14,16,18H,3,5,7,11-13H2,1-2H3,(H,22,25). The summed E-state index contributed by atoms with van der Waals surface area (Å²) in [7, 11) is 2.04. The molecule has 1 saturated heterocycles. The first kappa shape index (κ1) is 17.8. The third-order valence-electron chi connectivity index (χ3n) is 5.51. The Hall–Kier alpha value is -2.63. The lowest BCUT2D eigenvalue weighted by Gasteiger charge is -2.28. The first-order chi connectivity index (χ1) is 13.2. The summed E-state index contributed by atoms with van der Waals surface area (Å²) in [5.74, 6) is 1.53. The zero-order chi connectivity index (χ0) is 18.8. The van der Waals surface area contributed by atoms with E-state index in [-0.39, 0.29) is 18.1 Å². The summed E-state index contributed by atoms with van der Waals surface area (Å²) < 4.78 is 13.4. The molecule has 2 aliphatic heterocycles. The fraction of sp³-hybridized carbons (Fsp3) is 0.476. The summed E-state index contributed by atoms with van der Waals surface area (Å²) in [6.45, 7) is 4.02. The van der Waals surface area contributed by atoms with Crippen molar-refractivity contribution in [3.8, 4) is 11.5 Å². The zero-order valence-electron chi connectivity index (χ0n) is 16.0. The van der Waals surface area contributed by atoms with Gasteiger partial charge >= 0.3 is 6.03 Å². The van der Waals surface area contributed by atoms with E-state index in [1.807, 2.05) is 42.4 Å². The largest absolute Gasteiger partial charge is 0.486 e. The number of urea groups is 1. The molecule has 1 aromatic heterocycles. The average Bonchev–Trinajstić information content (AvgIpc) is 3.34. The SMILES string of the molecule is CCC(NC(=O)N1CCCC1c1cccn1C)c1ccc2c(c1)OCCO2. The number of hydrogen-bond donors (Lipinski definition) is 1. The molecule has 0 saturated carbocycles. The van der Waals surface area contributed by atoms with Gasteiger partial charge in [-0.05, 0) is 49.1 Å². The van der Waals surface area contributed by atoms with Gasteiger partial charge in [-0.1, -0.05) is 13.0 Å². The molecule has 0 spiro atoms. The second-order valence-electron chi connectivity index (χ2n) is 7.21.